The molecular formula is C23H27NO3. The Bertz CT molecular complexity index is 909. The second kappa shape index (κ2) is 8.76. The molecule has 3 aromatic rings. The minimum absolute atomic E-state index is 0.0365. The summed E-state index contributed by atoms with van der Waals surface area (Å²) in [6, 6.07) is 12.8. The number of benzene rings is 2. The molecule has 2 aromatic carbocycles. The minimum Gasteiger partial charge on any atom is -0.494 e. The molecule has 0 aliphatic carbocycles. The maximum Gasteiger partial charge on any atom is 0.197 e. The fraction of sp³-hybridized carbons (Fsp3) is 0.348. The summed E-state index contributed by atoms with van der Waals surface area (Å²) in [5.74, 6) is 1.49. The van der Waals surface area contributed by atoms with Gasteiger partial charge >= 0.3 is 0 Å². The first-order chi connectivity index (χ1) is 13.1. The van der Waals surface area contributed by atoms with E-state index in [1.165, 1.54) is 0 Å². The Morgan fingerprint density at radius 3 is 2.48 bits per heavy atom. The van der Waals surface area contributed by atoms with Gasteiger partial charge in [0.15, 0.2) is 5.78 Å². The first-order valence-corrected chi connectivity index (χ1v) is 9.72. The molecule has 2 N–H and O–H groups in total. The lowest BCUT2D eigenvalue weighted by Crippen LogP contribution is -2.04. The molecule has 0 amide bonds. The third-order valence-electron chi connectivity index (χ3n) is 4.65. The molecule has 0 atom stereocenters. The number of aryl methyl sites for hydroxylation is 1. The van der Waals surface area contributed by atoms with Gasteiger partial charge < -0.3 is 14.9 Å². The molecule has 0 spiro atoms. The monoisotopic (exact) mass is 365 g/mol. The summed E-state index contributed by atoms with van der Waals surface area (Å²) in [5, 5.41) is 0.786. The van der Waals surface area contributed by atoms with Crippen LogP contribution in [0.3, 0.4) is 0 Å². The first kappa shape index (κ1) is 19.0. The molecule has 142 valence electrons. The number of fused-ring (bicyclic) bond motifs is 1. The molecule has 0 fully saturated rings. The van der Waals surface area contributed by atoms with E-state index in [0.29, 0.717) is 29.0 Å². The summed E-state index contributed by atoms with van der Waals surface area (Å²) < 4.78 is 11.7. The Hall–Kier alpha value is -2.75. The number of hydrogen-bond donors (Lipinski definition) is 1. The maximum atomic E-state index is 13.2. The molecular weight excluding hydrogens is 338 g/mol. The zero-order chi connectivity index (χ0) is 19.2. The van der Waals surface area contributed by atoms with Crippen LogP contribution >= 0.6 is 0 Å². The fourth-order valence-electron chi connectivity index (χ4n) is 3.11. The topological polar surface area (TPSA) is 65.5 Å². The van der Waals surface area contributed by atoms with Gasteiger partial charge in [0.2, 0.25) is 0 Å². The lowest BCUT2D eigenvalue weighted by molar-refractivity contribution is 0.103. The molecule has 1 heterocycles. The Morgan fingerprint density at radius 1 is 1.04 bits per heavy atom. The molecule has 0 bridgehead atoms. The van der Waals surface area contributed by atoms with E-state index >= 15 is 0 Å². The van der Waals surface area contributed by atoms with E-state index in [2.05, 4.69) is 13.8 Å². The number of furan rings is 1. The van der Waals surface area contributed by atoms with Crippen molar-refractivity contribution in [1.82, 2.24) is 0 Å². The van der Waals surface area contributed by atoms with E-state index in [1.54, 1.807) is 6.07 Å². The van der Waals surface area contributed by atoms with Gasteiger partial charge in [-0.05, 0) is 55.3 Å². The average molecular weight is 365 g/mol. The van der Waals surface area contributed by atoms with Gasteiger partial charge in [-0.2, -0.15) is 0 Å². The van der Waals surface area contributed by atoms with Crippen LogP contribution < -0.4 is 10.5 Å². The van der Waals surface area contributed by atoms with Gasteiger partial charge in [0.25, 0.3) is 0 Å². The van der Waals surface area contributed by atoms with Crippen LogP contribution in [-0.4, -0.2) is 12.4 Å². The molecule has 3 rings (SSSR count). The van der Waals surface area contributed by atoms with Crippen molar-refractivity contribution in [3.63, 3.8) is 0 Å². The number of anilines is 1. The number of unbranched alkanes of at least 4 members (excludes halogenated alkanes) is 2. The van der Waals surface area contributed by atoms with Gasteiger partial charge in [-0.15, -0.1) is 0 Å². The highest BCUT2D eigenvalue weighted by Gasteiger charge is 2.22. The molecule has 27 heavy (non-hydrogen) atoms. The summed E-state index contributed by atoms with van der Waals surface area (Å²) in [6.45, 7) is 4.94. The van der Waals surface area contributed by atoms with Gasteiger partial charge in [0.05, 0.1) is 12.2 Å². The van der Waals surface area contributed by atoms with Gasteiger partial charge in [-0.25, -0.2) is 0 Å². The van der Waals surface area contributed by atoms with E-state index in [4.69, 9.17) is 14.9 Å². The predicted molar refractivity (Wildman–Crippen MR) is 110 cm³/mol. The SMILES string of the molecule is CCCCOc1ccc(C(=O)c2c(CCCC)oc3ccc(N)cc23)cc1. The quantitative estimate of drug-likeness (QED) is 0.297. The number of nitrogens with two attached hydrogens (primary N) is 1. The number of rotatable bonds is 9. The predicted octanol–water partition coefficient (Wildman–Crippen LogP) is 5.77. The van der Waals surface area contributed by atoms with Crippen LogP contribution in [-0.2, 0) is 6.42 Å². The summed E-state index contributed by atoms with van der Waals surface area (Å²) in [7, 11) is 0. The Balaban J connectivity index is 1.93. The zero-order valence-electron chi connectivity index (χ0n) is 16.1. The van der Waals surface area contributed by atoms with Crippen LogP contribution in [0.15, 0.2) is 46.9 Å². The van der Waals surface area contributed by atoms with Crippen molar-refractivity contribution in [1.29, 1.82) is 0 Å². The first-order valence-electron chi connectivity index (χ1n) is 9.72. The number of carbonyl (C=O) groups excluding carboxylic acids is 1. The fourth-order valence-corrected chi connectivity index (χ4v) is 3.11. The van der Waals surface area contributed by atoms with Crippen LogP contribution in [0.2, 0.25) is 0 Å². The summed E-state index contributed by atoms with van der Waals surface area (Å²) in [4.78, 5) is 13.2. The lowest BCUT2D eigenvalue weighted by atomic mass is 9.98. The van der Waals surface area contributed by atoms with Crippen molar-refractivity contribution in [3.05, 3.63) is 59.4 Å². The number of nitrogen functional groups attached to an aromatic ring is 1. The molecule has 0 saturated carbocycles. The van der Waals surface area contributed by atoms with Gasteiger partial charge in [0, 0.05) is 23.1 Å². The van der Waals surface area contributed by atoms with Crippen molar-refractivity contribution < 1.29 is 13.9 Å². The number of hydrogen-bond acceptors (Lipinski definition) is 4. The minimum atomic E-state index is -0.0365. The van der Waals surface area contributed by atoms with E-state index in [-0.39, 0.29) is 5.78 Å². The Kier molecular flexibility index (Phi) is 6.17. The molecule has 0 saturated heterocycles. The van der Waals surface area contributed by atoms with Crippen LogP contribution in [0.25, 0.3) is 11.0 Å². The molecule has 4 nitrogen and oxygen atoms in total. The van der Waals surface area contributed by atoms with Crippen LogP contribution in [0.1, 0.15) is 61.2 Å². The van der Waals surface area contributed by atoms with Crippen molar-refractivity contribution in [3.8, 4) is 5.75 Å². The largest absolute Gasteiger partial charge is 0.494 e. The second-order valence-corrected chi connectivity index (χ2v) is 6.81. The van der Waals surface area contributed by atoms with Crippen molar-refractivity contribution in [2.24, 2.45) is 0 Å². The average Bonchev–Trinajstić information content (AvgIpc) is 3.04. The standard InChI is InChI=1S/C23H27NO3/c1-3-5-7-21-22(19-15-17(24)10-13-20(19)27-21)23(25)16-8-11-18(12-9-16)26-14-6-4-2/h8-13,15H,3-7,14,24H2,1-2H3. The van der Waals surface area contributed by atoms with Crippen LogP contribution in [0, 0.1) is 0 Å². The van der Waals surface area contributed by atoms with Gasteiger partial charge in [0.1, 0.15) is 17.1 Å². The normalized spacial score (nSPS) is 11.0. The molecule has 0 unspecified atom stereocenters. The van der Waals surface area contributed by atoms with Gasteiger partial charge in [-0.1, -0.05) is 26.7 Å². The molecule has 4 heteroatoms. The molecule has 1 aromatic heterocycles. The number of carbonyl (C=O) groups is 1. The Labute approximate surface area is 160 Å². The highest BCUT2D eigenvalue weighted by atomic mass is 16.5. The molecule has 0 aliphatic heterocycles. The third kappa shape index (κ3) is 4.33. The lowest BCUT2D eigenvalue weighted by Gasteiger charge is -2.07. The van der Waals surface area contributed by atoms with Crippen LogP contribution in [0.5, 0.6) is 5.75 Å². The molecule has 0 aliphatic rings. The van der Waals surface area contributed by atoms with E-state index in [0.717, 1.165) is 49.0 Å². The van der Waals surface area contributed by atoms with Crippen molar-refractivity contribution >= 4 is 22.4 Å². The third-order valence-corrected chi connectivity index (χ3v) is 4.65. The van der Waals surface area contributed by atoms with Crippen LogP contribution in [0.4, 0.5) is 5.69 Å². The molecule has 0 radical (unpaired) electrons. The summed E-state index contributed by atoms with van der Waals surface area (Å²) >= 11 is 0. The summed E-state index contributed by atoms with van der Waals surface area (Å²) in [5.41, 5.74) is 8.54. The summed E-state index contributed by atoms with van der Waals surface area (Å²) in [6.07, 6.45) is 4.86. The van der Waals surface area contributed by atoms with Crippen molar-refractivity contribution in [2.45, 2.75) is 46.0 Å². The van der Waals surface area contributed by atoms with E-state index in [1.807, 2.05) is 36.4 Å². The maximum absolute atomic E-state index is 13.2. The second-order valence-electron chi connectivity index (χ2n) is 6.81. The van der Waals surface area contributed by atoms with Crippen molar-refractivity contribution in [2.75, 3.05) is 12.3 Å². The smallest absolute Gasteiger partial charge is 0.197 e. The number of ketones is 1. The highest BCUT2D eigenvalue weighted by molar-refractivity contribution is 6.17. The number of ether oxygens (including phenoxy) is 1. The zero-order valence-corrected chi connectivity index (χ0v) is 16.1. The van der Waals surface area contributed by atoms with Gasteiger partial charge in [-0.3, -0.25) is 4.79 Å². The highest BCUT2D eigenvalue weighted by Crippen LogP contribution is 2.31. The van der Waals surface area contributed by atoms with E-state index in [9.17, 15) is 4.79 Å². The Morgan fingerprint density at radius 2 is 1.78 bits per heavy atom. The van der Waals surface area contributed by atoms with E-state index < -0.39 is 0 Å².